The Labute approximate surface area is 175 Å². The highest BCUT2D eigenvalue weighted by atomic mass is 32.2. The Kier molecular flexibility index (Phi) is 6.68. The topological polar surface area (TPSA) is 122 Å². The van der Waals surface area contributed by atoms with Gasteiger partial charge in [-0.2, -0.15) is 4.31 Å². The Hall–Kier alpha value is -2.98. The summed E-state index contributed by atoms with van der Waals surface area (Å²) < 4.78 is 27.0. The number of piperidine rings is 1. The molecular formula is C20H24N4O5S. The first-order valence-corrected chi connectivity index (χ1v) is 11.1. The summed E-state index contributed by atoms with van der Waals surface area (Å²) in [5, 5.41) is 17.1. The van der Waals surface area contributed by atoms with Crippen molar-refractivity contribution in [2.75, 3.05) is 25.5 Å². The first kappa shape index (κ1) is 21.7. The molecule has 2 aromatic carbocycles. The number of nitro benzene ring substituents is 1. The molecule has 1 aliphatic rings. The van der Waals surface area contributed by atoms with Crippen molar-refractivity contribution in [1.82, 2.24) is 9.62 Å². The molecule has 0 unspecified atom stereocenters. The fraction of sp³-hybridized carbons (Fsp3) is 0.350. The minimum absolute atomic E-state index is 0.0726. The molecule has 9 nitrogen and oxygen atoms in total. The molecule has 1 heterocycles. The largest absolute Gasteiger partial charge is 0.375 e. The number of rotatable bonds is 7. The van der Waals surface area contributed by atoms with Gasteiger partial charge in [-0.05, 0) is 42.7 Å². The van der Waals surface area contributed by atoms with Crippen LogP contribution in [0.25, 0.3) is 0 Å². The van der Waals surface area contributed by atoms with E-state index in [1.165, 1.54) is 16.4 Å². The molecule has 0 saturated carbocycles. The molecule has 0 aromatic heterocycles. The van der Waals surface area contributed by atoms with Gasteiger partial charge in [0.25, 0.3) is 11.6 Å². The summed E-state index contributed by atoms with van der Waals surface area (Å²) in [6.45, 7) is 1.15. The number of hydrogen-bond acceptors (Lipinski definition) is 6. The molecule has 0 bridgehead atoms. The maximum Gasteiger partial charge on any atom is 0.293 e. The Balaban J connectivity index is 1.78. The van der Waals surface area contributed by atoms with E-state index in [4.69, 9.17) is 0 Å². The summed E-state index contributed by atoms with van der Waals surface area (Å²) in [6, 6.07) is 10.8. The van der Waals surface area contributed by atoms with E-state index in [1.54, 1.807) is 31.3 Å². The Morgan fingerprint density at radius 3 is 2.37 bits per heavy atom. The molecule has 2 aromatic rings. The molecule has 1 saturated heterocycles. The Morgan fingerprint density at radius 1 is 1.10 bits per heavy atom. The molecule has 0 aliphatic carbocycles. The molecule has 160 valence electrons. The number of carbonyl (C=O) groups excluding carboxylic acids is 1. The average molecular weight is 433 g/mol. The molecule has 2 N–H and O–H groups in total. The predicted octanol–water partition coefficient (Wildman–Crippen LogP) is 2.74. The molecule has 0 atom stereocenters. The highest BCUT2D eigenvalue weighted by Gasteiger charge is 2.28. The third kappa shape index (κ3) is 4.77. The van der Waals surface area contributed by atoms with Crippen LogP contribution in [0.15, 0.2) is 47.4 Å². The van der Waals surface area contributed by atoms with Crippen LogP contribution in [0.3, 0.4) is 0 Å². The molecule has 1 amide bonds. The maximum atomic E-state index is 12.8. The first-order chi connectivity index (χ1) is 14.3. The van der Waals surface area contributed by atoms with Gasteiger partial charge >= 0.3 is 0 Å². The highest BCUT2D eigenvalue weighted by Crippen LogP contribution is 2.30. The second-order valence-electron chi connectivity index (χ2n) is 7.03. The van der Waals surface area contributed by atoms with Crippen LogP contribution in [-0.4, -0.2) is 43.7 Å². The monoisotopic (exact) mass is 432 g/mol. The lowest BCUT2D eigenvalue weighted by Gasteiger charge is -2.25. The lowest BCUT2D eigenvalue weighted by molar-refractivity contribution is -0.384. The zero-order valence-electron chi connectivity index (χ0n) is 16.6. The SMILES string of the molecule is CNC(=O)c1ccc(CNc2ccc(S(=O)(=O)N3CCCCC3)cc2[N+](=O)[O-])cc1. The quantitative estimate of drug-likeness (QED) is 0.512. The van der Waals surface area contributed by atoms with Crippen LogP contribution in [0.5, 0.6) is 0 Å². The number of sulfonamides is 1. The molecule has 3 rings (SSSR count). The van der Waals surface area contributed by atoms with Crippen molar-refractivity contribution in [3.05, 3.63) is 63.7 Å². The van der Waals surface area contributed by atoms with Crippen LogP contribution in [0.4, 0.5) is 11.4 Å². The van der Waals surface area contributed by atoms with E-state index in [0.717, 1.165) is 30.9 Å². The van der Waals surface area contributed by atoms with Crippen molar-refractivity contribution in [1.29, 1.82) is 0 Å². The number of nitrogens with zero attached hydrogens (tertiary/aromatic N) is 2. The van der Waals surface area contributed by atoms with Crippen molar-refractivity contribution >= 4 is 27.3 Å². The van der Waals surface area contributed by atoms with Crippen LogP contribution in [0.1, 0.15) is 35.2 Å². The van der Waals surface area contributed by atoms with E-state index in [0.29, 0.717) is 18.7 Å². The number of hydrogen-bond donors (Lipinski definition) is 2. The summed E-state index contributed by atoms with van der Waals surface area (Å²) >= 11 is 0. The second kappa shape index (κ2) is 9.23. The summed E-state index contributed by atoms with van der Waals surface area (Å²) in [5.41, 5.74) is 1.27. The van der Waals surface area contributed by atoms with E-state index in [2.05, 4.69) is 10.6 Å². The zero-order chi connectivity index (χ0) is 21.7. The molecule has 0 radical (unpaired) electrons. The van der Waals surface area contributed by atoms with Gasteiger partial charge in [0.1, 0.15) is 5.69 Å². The van der Waals surface area contributed by atoms with Crippen LogP contribution in [-0.2, 0) is 16.6 Å². The van der Waals surface area contributed by atoms with Crippen LogP contribution < -0.4 is 10.6 Å². The van der Waals surface area contributed by atoms with E-state index in [9.17, 15) is 23.3 Å². The first-order valence-electron chi connectivity index (χ1n) is 9.66. The van der Waals surface area contributed by atoms with Gasteiger partial charge in [0.05, 0.1) is 9.82 Å². The summed E-state index contributed by atoms with van der Waals surface area (Å²) in [5.74, 6) is -0.198. The van der Waals surface area contributed by atoms with Crippen LogP contribution in [0.2, 0.25) is 0 Å². The molecule has 1 aliphatic heterocycles. The fourth-order valence-electron chi connectivity index (χ4n) is 3.34. The van der Waals surface area contributed by atoms with E-state index >= 15 is 0 Å². The normalized spacial score (nSPS) is 14.8. The van der Waals surface area contributed by atoms with Crippen molar-refractivity contribution < 1.29 is 18.1 Å². The van der Waals surface area contributed by atoms with E-state index < -0.39 is 14.9 Å². The minimum Gasteiger partial charge on any atom is -0.375 e. The summed E-state index contributed by atoms with van der Waals surface area (Å²) in [7, 11) is -2.21. The summed E-state index contributed by atoms with van der Waals surface area (Å²) in [4.78, 5) is 22.5. The Bertz CT molecular complexity index is 1030. The minimum atomic E-state index is -3.75. The fourth-order valence-corrected chi connectivity index (χ4v) is 4.88. The number of nitrogens with one attached hydrogen (secondary N) is 2. The van der Waals surface area contributed by atoms with E-state index in [-0.39, 0.29) is 28.7 Å². The molecule has 0 spiro atoms. The number of carbonyl (C=O) groups is 1. The maximum absolute atomic E-state index is 12.8. The Morgan fingerprint density at radius 2 is 1.77 bits per heavy atom. The van der Waals surface area contributed by atoms with Crippen molar-refractivity contribution in [3.8, 4) is 0 Å². The van der Waals surface area contributed by atoms with E-state index in [1.807, 2.05) is 0 Å². The average Bonchev–Trinajstić information content (AvgIpc) is 2.77. The van der Waals surface area contributed by atoms with Gasteiger partial charge < -0.3 is 10.6 Å². The van der Waals surface area contributed by atoms with Gasteiger partial charge in [-0.1, -0.05) is 18.6 Å². The smallest absolute Gasteiger partial charge is 0.293 e. The zero-order valence-corrected chi connectivity index (χ0v) is 17.4. The van der Waals surface area contributed by atoms with Crippen LogP contribution >= 0.6 is 0 Å². The van der Waals surface area contributed by atoms with Gasteiger partial charge in [0, 0.05) is 38.3 Å². The lowest BCUT2D eigenvalue weighted by atomic mass is 10.1. The van der Waals surface area contributed by atoms with Crippen LogP contribution in [0, 0.1) is 10.1 Å². The predicted molar refractivity (Wildman–Crippen MR) is 113 cm³/mol. The van der Waals surface area contributed by atoms with Gasteiger partial charge in [-0.15, -0.1) is 0 Å². The third-order valence-electron chi connectivity index (χ3n) is 5.04. The number of anilines is 1. The van der Waals surface area contributed by atoms with Crippen molar-refractivity contribution in [2.45, 2.75) is 30.7 Å². The molecule has 1 fully saturated rings. The van der Waals surface area contributed by atoms with Gasteiger partial charge in [0.2, 0.25) is 10.0 Å². The third-order valence-corrected chi connectivity index (χ3v) is 6.94. The summed E-state index contributed by atoms with van der Waals surface area (Å²) in [6.07, 6.45) is 2.57. The van der Waals surface area contributed by atoms with Gasteiger partial charge in [0.15, 0.2) is 0 Å². The standard InChI is InChI=1S/C20H24N4O5S/c1-21-20(25)16-7-5-15(6-8-16)14-22-18-10-9-17(13-19(18)24(26)27)30(28,29)23-11-3-2-4-12-23/h5-10,13,22H,2-4,11-12,14H2,1H3,(H,21,25). The van der Waals surface area contributed by atoms with Gasteiger partial charge in [-0.25, -0.2) is 8.42 Å². The second-order valence-corrected chi connectivity index (χ2v) is 8.97. The van der Waals surface area contributed by atoms with Crippen molar-refractivity contribution in [2.24, 2.45) is 0 Å². The number of amides is 1. The molecule has 10 heteroatoms. The lowest BCUT2D eigenvalue weighted by Crippen LogP contribution is -2.35. The van der Waals surface area contributed by atoms with Gasteiger partial charge in [-0.3, -0.25) is 14.9 Å². The number of benzene rings is 2. The van der Waals surface area contributed by atoms with Crippen molar-refractivity contribution in [3.63, 3.8) is 0 Å². The molecule has 30 heavy (non-hydrogen) atoms. The highest BCUT2D eigenvalue weighted by molar-refractivity contribution is 7.89. The number of nitro groups is 1. The molecular weight excluding hydrogens is 408 g/mol.